The highest BCUT2D eigenvalue weighted by molar-refractivity contribution is 8.03. The molecule has 6 atom stereocenters. The van der Waals surface area contributed by atoms with Crippen LogP contribution in [-0.4, -0.2) is 89.4 Å². The number of carboxylic acids is 1. The maximum absolute atomic E-state index is 13.6. The fourth-order valence-electron chi connectivity index (χ4n) is 6.99. The molecule has 3 amide bonds. The zero-order chi connectivity index (χ0) is 38.1. The number of fused-ring (bicyclic) bond motifs is 1. The average Bonchev–Trinajstić information content (AvgIpc) is 3.57. The second kappa shape index (κ2) is 15.2. The second-order valence-corrected chi connectivity index (χ2v) is 15.1. The molecule has 0 saturated carbocycles. The van der Waals surface area contributed by atoms with Crippen molar-refractivity contribution in [2.45, 2.75) is 82.7 Å². The summed E-state index contributed by atoms with van der Waals surface area (Å²) in [4.78, 5) is 75.8. The van der Waals surface area contributed by atoms with Crippen LogP contribution in [0.2, 0.25) is 0 Å². The van der Waals surface area contributed by atoms with Gasteiger partial charge < -0.3 is 34.8 Å². The van der Waals surface area contributed by atoms with Crippen molar-refractivity contribution in [3.05, 3.63) is 90.5 Å². The molecule has 3 N–H and O–H groups in total. The number of ether oxygens (including phenoxy) is 2. The lowest BCUT2D eigenvalue weighted by molar-refractivity contribution is -0.385. The summed E-state index contributed by atoms with van der Waals surface area (Å²) >= 11 is 1.27. The number of hydrogen-bond acceptors (Lipinski definition) is 12. The first-order valence-electron chi connectivity index (χ1n) is 16.5. The van der Waals surface area contributed by atoms with Gasteiger partial charge in [-0.25, -0.2) is 14.4 Å². The summed E-state index contributed by atoms with van der Waals surface area (Å²) < 4.78 is 11.0. The van der Waals surface area contributed by atoms with Gasteiger partial charge in [-0.15, -0.1) is 11.8 Å². The van der Waals surface area contributed by atoms with E-state index in [1.165, 1.54) is 77.0 Å². The van der Waals surface area contributed by atoms with E-state index >= 15 is 0 Å². The summed E-state index contributed by atoms with van der Waals surface area (Å²) in [7, 11) is 0. The zero-order valence-electron chi connectivity index (χ0n) is 28.8. The molecule has 0 aliphatic carbocycles. The van der Waals surface area contributed by atoms with Crippen LogP contribution in [0.1, 0.15) is 51.7 Å². The molecule has 17 nitrogen and oxygen atoms in total. The Bertz CT molecular complexity index is 1780. The number of rotatable bonds is 13. The Morgan fingerprint density at radius 1 is 1.00 bits per heavy atom. The third-order valence-corrected chi connectivity index (χ3v) is 10.9. The smallest absolute Gasteiger partial charge is 0.410 e. The van der Waals surface area contributed by atoms with Crippen molar-refractivity contribution < 1.29 is 48.7 Å². The molecular formula is C34H39N5O12S. The van der Waals surface area contributed by atoms with Gasteiger partial charge in [0.25, 0.3) is 11.4 Å². The van der Waals surface area contributed by atoms with Gasteiger partial charge in [-0.05, 0) is 69.0 Å². The molecule has 3 aliphatic heterocycles. The van der Waals surface area contributed by atoms with Gasteiger partial charge in [-0.2, -0.15) is 0 Å². The van der Waals surface area contributed by atoms with Crippen molar-refractivity contribution in [1.29, 1.82) is 0 Å². The van der Waals surface area contributed by atoms with E-state index in [9.17, 15) is 49.6 Å². The van der Waals surface area contributed by atoms with Crippen molar-refractivity contribution in [3.8, 4) is 0 Å². The lowest BCUT2D eigenvalue weighted by Gasteiger charge is -2.46. The van der Waals surface area contributed by atoms with Crippen LogP contribution in [0.4, 0.5) is 21.0 Å². The Kier molecular flexibility index (Phi) is 11.1. The van der Waals surface area contributed by atoms with Crippen LogP contribution in [-0.2, 0) is 32.3 Å². The number of β-lactam (4-membered cyclic amide) rings is 1. The third-order valence-electron chi connectivity index (χ3n) is 9.43. The number of carbonyl (C=O) groups excluding carboxylic acids is 3. The number of nitro benzene ring substituents is 2. The molecule has 0 unspecified atom stereocenters. The number of nitrogens with one attached hydrogen (secondary N) is 1. The number of aliphatic hydroxyl groups excluding tert-OH is 1. The molecule has 18 heteroatoms. The number of nitrogens with zero attached hydrogens (tertiary/aromatic N) is 4. The Labute approximate surface area is 302 Å². The van der Waals surface area contributed by atoms with Gasteiger partial charge in [0.1, 0.15) is 18.9 Å². The molecule has 2 saturated heterocycles. The predicted molar refractivity (Wildman–Crippen MR) is 185 cm³/mol. The number of hydrogen-bond donors (Lipinski definition) is 3. The van der Waals surface area contributed by atoms with Gasteiger partial charge in [0.2, 0.25) is 5.91 Å². The highest BCUT2D eigenvalue weighted by Gasteiger charge is 2.60. The number of nitro groups is 2. The van der Waals surface area contributed by atoms with Gasteiger partial charge in [-0.1, -0.05) is 6.92 Å². The first-order valence-corrected chi connectivity index (χ1v) is 17.4. The quantitative estimate of drug-likeness (QED) is 0.145. The summed E-state index contributed by atoms with van der Waals surface area (Å²) in [5.41, 5.74) is -0.203. The number of alkyl carbamates (subject to hydrolysis) is 1. The van der Waals surface area contributed by atoms with Gasteiger partial charge in [0, 0.05) is 58.5 Å². The van der Waals surface area contributed by atoms with Crippen LogP contribution in [0.25, 0.3) is 0 Å². The molecule has 3 heterocycles. The van der Waals surface area contributed by atoms with Crippen LogP contribution in [0.15, 0.2) is 59.1 Å². The SMILES string of the molecule is C[C@@H](O)[C@H]1C(=O)N2C(C(=O)O)=C(S[C@H]3C[C@@H](CC(C)(C)NC(=O)OCc4ccc([N+](=O)[O-])cc4)N(C(=O)OCc4ccc([N+](=O)[O-])cc4)C3)[C@H](C)[C@H]12. The number of likely N-dealkylation sites (tertiary alicyclic amines) is 1. The Morgan fingerprint density at radius 2 is 1.54 bits per heavy atom. The molecule has 278 valence electrons. The number of amides is 3. The van der Waals surface area contributed by atoms with Crippen molar-refractivity contribution in [2.75, 3.05) is 6.54 Å². The lowest BCUT2D eigenvalue weighted by atomic mass is 9.79. The maximum atomic E-state index is 13.6. The van der Waals surface area contributed by atoms with Crippen LogP contribution in [0, 0.1) is 32.1 Å². The fraction of sp³-hybridized carbons (Fsp3) is 0.471. The van der Waals surface area contributed by atoms with Crippen LogP contribution >= 0.6 is 11.8 Å². The number of carboxylic acid groups (broad SMARTS) is 1. The van der Waals surface area contributed by atoms with Crippen LogP contribution < -0.4 is 5.32 Å². The van der Waals surface area contributed by atoms with Gasteiger partial charge >= 0.3 is 18.2 Å². The largest absolute Gasteiger partial charge is 0.477 e. The molecule has 0 radical (unpaired) electrons. The maximum Gasteiger partial charge on any atom is 0.410 e. The minimum atomic E-state index is -1.26. The zero-order valence-corrected chi connectivity index (χ0v) is 29.6. The number of non-ortho nitro benzene ring substituents is 2. The predicted octanol–water partition coefficient (Wildman–Crippen LogP) is 4.56. The second-order valence-electron chi connectivity index (χ2n) is 13.7. The van der Waals surface area contributed by atoms with Crippen molar-refractivity contribution >= 4 is 47.2 Å². The summed E-state index contributed by atoms with van der Waals surface area (Å²) in [6, 6.07) is 10.1. The van der Waals surface area contributed by atoms with E-state index < -0.39 is 63.6 Å². The van der Waals surface area contributed by atoms with Gasteiger partial charge in [0.15, 0.2) is 0 Å². The van der Waals surface area contributed by atoms with E-state index in [0.717, 1.165) is 0 Å². The van der Waals surface area contributed by atoms with Crippen molar-refractivity contribution in [1.82, 2.24) is 15.1 Å². The Morgan fingerprint density at radius 3 is 2.04 bits per heavy atom. The molecule has 0 aromatic heterocycles. The van der Waals surface area contributed by atoms with E-state index in [4.69, 9.17) is 9.47 Å². The summed E-state index contributed by atoms with van der Waals surface area (Å²) in [6.45, 7) is 6.65. The van der Waals surface area contributed by atoms with Gasteiger partial charge in [-0.3, -0.25) is 25.0 Å². The highest BCUT2D eigenvalue weighted by atomic mass is 32.2. The number of carbonyl (C=O) groups is 4. The molecule has 5 rings (SSSR count). The summed E-state index contributed by atoms with van der Waals surface area (Å²) in [5.74, 6) is -2.81. The molecule has 0 bridgehead atoms. The van der Waals surface area contributed by atoms with E-state index in [1.807, 2.05) is 6.92 Å². The molecule has 2 fully saturated rings. The van der Waals surface area contributed by atoms with E-state index in [1.54, 1.807) is 13.8 Å². The standard InChI is InChI=1S/C34H39N5O12S/c1-18-27-26(19(2)40)30(41)37(27)28(31(42)43)29(18)52-25-13-24(36(15-25)33(45)51-17-21-7-11-23(12-8-21)39(48)49)14-34(3,4)35-32(44)50-16-20-5-9-22(10-6-20)38(46)47/h5-12,18-19,24-27,40H,13-17H2,1-4H3,(H,35,44)(H,42,43)/t18-,19-,24+,25+,26-,27-/m1/s1. The summed E-state index contributed by atoms with van der Waals surface area (Å²) in [5, 5.41) is 44.8. The first kappa shape index (κ1) is 38.0. The van der Waals surface area contributed by atoms with Crippen LogP contribution in [0.3, 0.4) is 0 Å². The third kappa shape index (κ3) is 8.12. The van der Waals surface area contributed by atoms with E-state index in [-0.39, 0.29) is 54.4 Å². The molecule has 2 aromatic carbocycles. The molecule has 52 heavy (non-hydrogen) atoms. The Balaban J connectivity index is 1.29. The number of aliphatic carboxylic acids is 1. The molecule has 2 aromatic rings. The molecule has 3 aliphatic rings. The first-order chi connectivity index (χ1) is 24.5. The van der Waals surface area contributed by atoms with Gasteiger partial charge in [0.05, 0.1) is 27.9 Å². The monoisotopic (exact) mass is 741 g/mol. The molecule has 0 spiro atoms. The van der Waals surface area contributed by atoms with E-state index in [2.05, 4.69) is 5.32 Å². The van der Waals surface area contributed by atoms with Crippen LogP contribution in [0.5, 0.6) is 0 Å². The van der Waals surface area contributed by atoms with E-state index in [0.29, 0.717) is 22.5 Å². The van der Waals surface area contributed by atoms with Crippen molar-refractivity contribution in [2.24, 2.45) is 11.8 Å². The Hall–Kier alpha value is -5.23. The van der Waals surface area contributed by atoms with Crippen molar-refractivity contribution in [3.63, 3.8) is 0 Å². The molecular weight excluding hydrogens is 702 g/mol. The minimum absolute atomic E-state index is 0.0987. The number of thioether (sulfide) groups is 1. The highest BCUT2D eigenvalue weighted by Crippen LogP contribution is 2.52. The average molecular weight is 742 g/mol. The number of aliphatic hydroxyl groups is 1. The minimum Gasteiger partial charge on any atom is -0.477 e. The lowest BCUT2D eigenvalue weighted by Crippen LogP contribution is -2.63. The topological polar surface area (TPSA) is 232 Å². The normalized spacial score (nSPS) is 23.1. The summed E-state index contributed by atoms with van der Waals surface area (Å²) in [6.07, 6.45) is -1.77. The number of benzene rings is 2. The fourth-order valence-corrected chi connectivity index (χ4v) is 8.56.